The van der Waals surface area contributed by atoms with E-state index in [1.807, 2.05) is 0 Å². The molecule has 0 aliphatic carbocycles. The second kappa shape index (κ2) is 6.16. The highest BCUT2D eigenvalue weighted by atomic mass is 19.3. The Kier molecular flexibility index (Phi) is 4.19. The molecule has 0 aliphatic heterocycles. The number of ether oxygens (including phenoxy) is 1. The molecule has 0 aromatic carbocycles. The number of nitrogens with zero attached hydrogens (tertiary/aromatic N) is 3. The first-order valence-electron chi connectivity index (χ1n) is 7.47. The molecule has 0 unspecified atom stereocenters. The molecule has 0 amide bonds. The van der Waals surface area contributed by atoms with Gasteiger partial charge in [0.2, 0.25) is 0 Å². The predicted molar refractivity (Wildman–Crippen MR) is 87.6 cm³/mol. The molecule has 0 radical (unpaired) electrons. The van der Waals surface area contributed by atoms with Crippen LogP contribution in [0.15, 0.2) is 42.9 Å². The second-order valence-electron chi connectivity index (χ2n) is 6.26. The van der Waals surface area contributed by atoms with Crippen molar-refractivity contribution in [3.63, 3.8) is 0 Å². The van der Waals surface area contributed by atoms with Crippen molar-refractivity contribution in [1.29, 1.82) is 0 Å². The molecule has 3 aromatic rings. The minimum absolute atomic E-state index is 0.160. The Hall–Kier alpha value is -2.54. The summed E-state index contributed by atoms with van der Waals surface area (Å²) >= 11 is 0. The monoisotopic (exact) mass is 332 g/mol. The van der Waals surface area contributed by atoms with Crippen LogP contribution < -0.4 is 10.5 Å². The van der Waals surface area contributed by atoms with E-state index in [1.54, 1.807) is 49.0 Å². The maximum atomic E-state index is 13.5. The molecule has 3 aromatic heterocycles. The molecule has 126 valence electrons. The van der Waals surface area contributed by atoms with Crippen molar-refractivity contribution in [2.24, 2.45) is 5.73 Å². The number of rotatable bonds is 5. The van der Waals surface area contributed by atoms with Crippen LogP contribution in [0, 0.1) is 0 Å². The fraction of sp³-hybridized carbons (Fsp3) is 0.294. The van der Waals surface area contributed by atoms with Gasteiger partial charge in [0.15, 0.2) is 0 Å². The average Bonchev–Trinajstić information content (AvgIpc) is 2.96. The lowest BCUT2D eigenvalue weighted by molar-refractivity contribution is 0.150. The molecule has 0 spiro atoms. The molecule has 2 N–H and O–H groups in total. The van der Waals surface area contributed by atoms with Gasteiger partial charge in [-0.25, -0.2) is 13.8 Å². The highest BCUT2D eigenvalue weighted by molar-refractivity contribution is 5.77. The van der Waals surface area contributed by atoms with E-state index >= 15 is 0 Å². The Labute approximate surface area is 138 Å². The van der Waals surface area contributed by atoms with Crippen LogP contribution in [0.5, 0.6) is 5.75 Å². The Morgan fingerprint density at radius 3 is 2.79 bits per heavy atom. The third-order valence-corrected chi connectivity index (χ3v) is 3.40. The van der Waals surface area contributed by atoms with Crippen LogP contribution in [0.3, 0.4) is 0 Å². The zero-order chi connectivity index (χ0) is 17.3. The van der Waals surface area contributed by atoms with E-state index in [-0.39, 0.29) is 23.7 Å². The van der Waals surface area contributed by atoms with Gasteiger partial charge in [-0.15, -0.1) is 0 Å². The van der Waals surface area contributed by atoms with Crippen LogP contribution in [-0.2, 0) is 0 Å². The average molecular weight is 332 g/mol. The second-order valence-corrected chi connectivity index (χ2v) is 6.26. The van der Waals surface area contributed by atoms with E-state index in [0.717, 1.165) is 0 Å². The molecule has 0 bridgehead atoms. The summed E-state index contributed by atoms with van der Waals surface area (Å²) in [5.74, 6) is 0.425. The first-order chi connectivity index (χ1) is 11.3. The topological polar surface area (TPSA) is 66.0 Å². The highest BCUT2D eigenvalue weighted by Crippen LogP contribution is 2.30. The molecule has 3 heterocycles. The molecule has 0 aliphatic rings. The number of pyridine rings is 2. The van der Waals surface area contributed by atoms with Gasteiger partial charge in [0.05, 0.1) is 22.8 Å². The van der Waals surface area contributed by atoms with Gasteiger partial charge in [0, 0.05) is 17.9 Å². The lowest BCUT2D eigenvalue weighted by Crippen LogP contribution is -2.38. The summed E-state index contributed by atoms with van der Waals surface area (Å²) in [7, 11) is 0. The van der Waals surface area contributed by atoms with Crippen molar-refractivity contribution in [1.82, 2.24) is 14.5 Å². The third-order valence-electron chi connectivity index (χ3n) is 3.40. The number of aromatic nitrogens is 3. The molecule has 0 atom stereocenters. The van der Waals surface area contributed by atoms with E-state index in [0.29, 0.717) is 11.0 Å². The number of hydrogen-bond donors (Lipinski definition) is 1. The number of fused-ring (bicyclic) bond motifs is 1. The summed E-state index contributed by atoms with van der Waals surface area (Å²) in [6, 6.07) is 6.62. The van der Waals surface area contributed by atoms with Crippen LogP contribution in [0.4, 0.5) is 8.78 Å². The van der Waals surface area contributed by atoms with Gasteiger partial charge >= 0.3 is 0 Å². The normalized spacial score (nSPS) is 12.1. The van der Waals surface area contributed by atoms with Crippen molar-refractivity contribution in [2.45, 2.75) is 25.8 Å². The number of alkyl halides is 2. The minimum atomic E-state index is -2.68. The van der Waals surface area contributed by atoms with Crippen molar-refractivity contribution in [3.8, 4) is 11.6 Å². The number of nitrogens with two attached hydrogens (primary N) is 1. The van der Waals surface area contributed by atoms with Crippen LogP contribution in [0.2, 0.25) is 0 Å². The zero-order valence-electron chi connectivity index (χ0n) is 13.4. The van der Waals surface area contributed by atoms with Gasteiger partial charge in [0.1, 0.15) is 18.2 Å². The van der Waals surface area contributed by atoms with E-state index in [1.165, 1.54) is 12.3 Å². The lowest BCUT2D eigenvalue weighted by Gasteiger charge is -2.19. The van der Waals surface area contributed by atoms with E-state index < -0.39 is 12.0 Å². The summed E-state index contributed by atoms with van der Waals surface area (Å²) in [6.45, 7) is 3.79. The first-order valence-corrected chi connectivity index (χ1v) is 7.47. The molecule has 3 rings (SSSR count). The van der Waals surface area contributed by atoms with E-state index in [9.17, 15) is 8.78 Å². The third kappa shape index (κ3) is 3.35. The minimum Gasteiger partial charge on any atom is -0.490 e. The molecule has 7 heteroatoms. The summed E-state index contributed by atoms with van der Waals surface area (Å²) in [4.78, 5) is 8.38. The maximum Gasteiger partial charge on any atom is 0.267 e. The van der Waals surface area contributed by atoms with Gasteiger partial charge in [-0.2, -0.15) is 0 Å². The predicted octanol–water partition coefficient (Wildman–Crippen LogP) is 3.47. The van der Waals surface area contributed by atoms with E-state index in [2.05, 4.69) is 9.97 Å². The molecular weight excluding hydrogens is 314 g/mol. The Bertz CT molecular complexity index is 855. The standard InChI is InChI=1S/C17H18F2N4O/c1-17(2,20)10-24-11-8-12(15(18)19)16(22-9-11)23-7-5-13-14(23)4-3-6-21-13/h3-9,15H,10,20H2,1-2H3. The summed E-state index contributed by atoms with van der Waals surface area (Å²) in [5, 5.41) is 0. The van der Waals surface area contributed by atoms with Crippen LogP contribution in [0.25, 0.3) is 16.9 Å². The quantitative estimate of drug-likeness (QED) is 0.777. The Morgan fingerprint density at radius 2 is 2.08 bits per heavy atom. The molecule has 0 saturated heterocycles. The largest absolute Gasteiger partial charge is 0.490 e. The van der Waals surface area contributed by atoms with Gasteiger partial charge in [-0.3, -0.25) is 9.55 Å². The van der Waals surface area contributed by atoms with Crippen LogP contribution in [-0.4, -0.2) is 26.7 Å². The molecule has 5 nitrogen and oxygen atoms in total. The Morgan fingerprint density at radius 1 is 1.29 bits per heavy atom. The maximum absolute atomic E-state index is 13.5. The fourth-order valence-corrected chi connectivity index (χ4v) is 2.32. The van der Waals surface area contributed by atoms with Crippen LogP contribution >= 0.6 is 0 Å². The van der Waals surface area contributed by atoms with Gasteiger partial charge in [-0.1, -0.05) is 0 Å². The molecular formula is C17H18F2N4O. The SMILES string of the molecule is CC(C)(N)COc1cnc(-n2ccc3ncccc32)c(C(F)F)c1. The van der Waals surface area contributed by atoms with Crippen molar-refractivity contribution in [2.75, 3.05) is 6.61 Å². The van der Waals surface area contributed by atoms with Gasteiger partial charge in [-0.05, 0) is 38.1 Å². The van der Waals surface area contributed by atoms with Crippen molar-refractivity contribution < 1.29 is 13.5 Å². The summed E-state index contributed by atoms with van der Waals surface area (Å²) in [6.07, 6.45) is 2.07. The number of hydrogen-bond acceptors (Lipinski definition) is 4. The zero-order valence-corrected chi connectivity index (χ0v) is 13.4. The Balaban J connectivity index is 2.02. The molecule has 24 heavy (non-hydrogen) atoms. The number of halogens is 2. The van der Waals surface area contributed by atoms with E-state index in [4.69, 9.17) is 10.5 Å². The van der Waals surface area contributed by atoms with Crippen molar-refractivity contribution >= 4 is 11.0 Å². The first kappa shape index (κ1) is 16.3. The van der Waals surface area contributed by atoms with Crippen LogP contribution in [0.1, 0.15) is 25.8 Å². The highest BCUT2D eigenvalue weighted by Gasteiger charge is 2.19. The summed E-state index contributed by atoms with van der Waals surface area (Å²) < 4.78 is 34.1. The summed E-state index contributed by atoms with van der Waals surface area (Å²) in [5.41, 5.74) is 6.50. The van der Waals surface area contributed by atoms with Gasteiger partial charge in [0.25, 0.3) is 6.43 Å². The van der Waals surface area contributed by atoms with Gasteiger partial charge < -0.3 is 10.5 Å². The molecule has 0 fully saturated rings. The van der Waals surface area contributed by atoms with Crippen molar-refractivity contribution in [3.05, 3.63) is 48.4 Å². The smallest absolute Gasteiger partial charge is 0.267 e. The molecule has 0 saturated carbocycles. The lowest BCUT2D eigenvalue weighted by atomic mass is 10.1. The fourth-order valence-electron chi connectivity index (χ4n) is 2.32.